The summed E-state index contributed by atoms with van der Waals surface area (Å²) in [5, 5.41) is 0. The number of likely N-dealkylation sites (N-methyl/N-ethyl adjacent to an activating group) is 1. The number of rotatable bonds is 1. The number of carbonyl (C=O) groups excluding carboxylic acids is 1. The van der Waals surface area contributed by atoms with Gasteiger partial charge in [-0.1, -0.05) is 0 Å². The topological polar surface area (TPSA) is 29.5 Å². The normalized spacial score (nSPS) is 25.7. The number of likely N-dealkylation sites (tertiary alicyclic amines) is 1. The highest BCUT2D eigenvalue weighted by Crippen LogP contribution is 2.17. The summed E-state index contributed by atoms with van der Waals surface area (Å²) < 4.78 is 6.23. The molecule has 1 unspecified atom stereocenters. The fourth-order valence-corrected chi connectivity index (χ4v) is 1.57. The Morgan fingerprint density at radius 3 is 2.46 bits per heavy atom. The maximum Gasteiger partial charge on any atom is 0.409 e. The first kappa shape index (κ1) is 10.3. The monoisotopic (exact) mass is 187 g/mol. The Bertz CT molecular complexity index is 202. The van der Waals surface area contributed by atoms with E-state index in [0.29, 0.717) is 0 Å². The molecule has 0 aliphatic carbocycles. The Morgan fingerprint density at radius 2 is 2.08 bits per heavy atom. The molecule has 1 aliphatic heterocycles. The highest BCUT2D eigenvalue weighted by Gasteiger charge is 2.33. The van der Waals surface area contributed by atoms with E-state index in [0.717, 1.165) is 24.0 Å². The van der Waals surface area contributed by atoms with Crippen molar-refractivity contribution in [3.63, 3.8) is 0 Å². The molecule has 0 aromatic heterocycles. The first-order chi connectivity index (χ1) is 5.91. The Kier molecular flexibility index (Phi) is 2.81. The van der Waals surface area contributed by atoms with E-state index in [9.17, 15) is 4.79 Å². The van der Waals surface area contributed by atoms with Crippen LogP contribution in [0.15, 0.2) is 0 Å². The molecule has 76 valence electrons. The van der Waals surface area contributed by atoms with Gasteiger partial charge in [0, 0.05) is 20.5 Å². The smallest absolute Gasteiger partial charge is 0.409 e. The molecule has 1 saturated heterocycles. The van der Waals surface area contributed by atoms with Gasteiger partial charge in [-0.25, -0.2) is 4.79 Å². The van der Waals surface area contributed by atoms with Gasteiger partial charge in [-0.2, -0.15) is 0 Å². The fraction of sp³-hybridized carbons (Fsp3) is 0.889. The molecule has 1 aliphatic rings. The van der Waals surface area contributed by atoms with Crippen LogP contribution in [-0.4, -0.2) is 62.9 Å². The van der Waals surface area contributed by atoms with Crippen molar-refractivity contribution in [1.82, 2.24) is 4.90 Å². The quantitative estimate of drug-likeness (QED) is 0.560. The lowest BCUT2D eigenvalue weighted by molar-refractivity contribution is -0.879. The molecule has 1 heterocycles. The molecule has 0 radical (unpaired) electrons. The minimum Gasteiger partial charge on any atom is -0.440 e. The number of carbonyl (C=O) groups is 1. The molecule has 0 bridgehead atoms. The molecule has 0 saturated carbocycles. The number of amides is 1. The molecular formula is C9H19N2O2+. The van der Waals surface area contributed by atoms with E-state index < -0.39 is 0 Å². The van der Waals surface area contributed by atoms with Crippen molar-refractivity contribution in [3.8, 4) is 0 Å². The maximum atomic E-state index is 11.2. The predicted octanol–water partition coefficient (Wildman–Crippen LogP) is 0.533. The van der Waals surface area contributed by atoms with Gasteiger partial charge in [0.2, 0.25) is 0 Å². The lowest BCUT2D eigenvalue weighted by Crippen LogP contribution is -2.38. The van der Waals surface area contributed by atoms with Crippen LogP contribution in [0.2, 0.25) is 0 Å². The second-order valence-electron chi connectivity index (χ2n) is 4.53. The molecule has 4 heteroatoms. The van der Waals surface area contributed by atoms with Crippen LogP contribution in [0.1, 0.15) is 6.42 Å². The molecule has 1 fully saturated rings. The van der Waals surface area contributed by atoms with Gasteiger partial charge in [0.05, 0.1) is 20.6 Å². The van der Waals surface area contributed by atoms with Crippen LogP contribution in [0, 0.1) is 0 Å². The highest BCUT2D eigenvalue weighted by atomic mass is 16.6. The van der Waals surface area contributed by atoms with Crippen molar-refractivity contribution < 1.29 is 14.0 Å². The average molecular weight is 187 g/mol. The van der Waals surface area contributed by atoms with Gasteiger partial charge >= 0.3 is 6.09 Å². The van der Waals surface area contributed by atoms with Crippen molar-refractivity contribution >= 4 is 6.09 Å². The Morgan fingerprint density at radius 1 is 1.46 bits per heavy atom. The van der Waals surface area contributed by atoms with Crippen molar-refractivity contribution in [3.05, 3.63) is 0 Å². The molecule has 0 spiro atoms. The average Bonchev–Trinajstić information content (AvgIpc) is 2.30. The van der Waals surface area contributed by atoms with Crippen LogP contribution in [0.5, 0.6) is 0 Å². The molecule has 1 atom stereocenters. The van der Waals surface area contributed by atoms with Crippen LogP contribution in [0.3, 0.4) is 0 Å². The van der Waals surface area contributed by atoms with Gasteiger partial charge in [-0.3, -0.25) is 0 Å². The molecule has 0 N–H and O–H groups in total. The zero-order chi connectivity index (χ0) is 10.1. The molecule has 1 rings (SSSR count). The van der Waals surface area contributed by atoms with Crippen molar-refractivity contribution in [1.29, 1.82) is 0 Å². The Balaban J connectivity index is 2.37. The lowest BCUT2D eigenvalue weighted by atomic mass is 10.3. The van der Waals surface area contributed by atoms with Crippen LogP contribution in [0.25, 0.3) is 0 Å². The second kappa shape index (κ2) is 3.54. The fourth-order valence-electron chi connectivity index (χ4n) is 1.57. The zero-order valence-electron chi connectivity index (χ0n) is 8.91. The highest BCUT2D eigenvalue weighted by molar-refractivity contribution is 5.66. The van der Waals surface area contributed by atoms with Gasteiger partial charge in [-0.05, 0) is 0 Å². The summed E-state index contributed by atoms with van der Waals surface area (Å²) in [7, 11) is 7.72. The third kappa shape index (κ3) is 2.88. The largest absolute Gasteiger partial charge is 0.440 e. The van der Waals surface area contributed by atoms with Crippen LogP contribution in [0.4, 0.5) is 4.79 Å². The Labute approximate surface area is 79.7 Å². The molecule has 0 aromatic carbocycles. The van der Waals surface area contributed by atoms with E-state index in [1.54, 1.807) is 14.1 Å². The van der Waals surface area contributed by atoms with E-state index >= 15 is 0 Å². The van der Waals surface area contributed by atoms with Crippen molar-refractivity contribution in [2.45, 2.75) is 12.5 Å². The van der Waals surface area contributed by atoms with Crippen LogP contribution in [-0.2, 0) is 4.74 Å². The molecule has 1 amide bonds. The van der Waals surface area contributed by atoms with Crippen molar-refractivity contribution in [2.75, 3.05) is 41.3 Å². The van der Waals surface area contributed by atoms with E-state index in [2.05, 4.69) is 14.1 Å². The first-order valence-corrected chi connectivity index (χ1v) is 4.61. The van der Waals surface area contributed by atoms with Gasteiger partial charge in [0.25, 0.3) is 0 Å². The van der Waals surface area contributed by atoms with E-state index in [1.165, 1.54) is 4.90 Å². The van der Waals surface area contributed by atoms with E-state index in [4.69, 9.17) is 4.74 Å². The van der Waals surface area contributed by atoms with E-state index in [1.807, 2.05) is 0 Å². The van der Waals surface area contributed by atoms with Crippen molar-refractivity contribution in [2.24, 2.45) is 0 Å². The molecule has 4 nitrogen and oxygen atoms in total. The zero-order valence-corrected chi connectivity index (χ0v) is 8.91. The van der Waals surface area contributed by atoms with Gasteiger partial charge in [-0.15, -0.1) is 0 Å². The molecule has 13 heavy (non-hydrogen) atoms. The second-order valence-corrected chi connectivity index (χ2v) is 4.53. The summed E-state index contributed by atoms with van der Waals surface area (Å²) in [4.78, 5) is 12.7. The maximum absolute atomic E-state index is 11.2. The summed E-state index contributed by atoms with van der Waals surface area (Å²) in [6.45, 7) is 2.02. The third-order valence-electron chi connectivity index (χ3n) is 2.39. The minimum absolute atomic E-state index is 0.102. The standard InChI is InChI=1S/C9H19N2O2/c1-10(2)9(12)13-8-5-6-11(3,4)7-8/h8H,5-7H2,1-4H3/q+1. The van der Waals surface area contributed by atoms with Gasteiger partial charge < -0.3 is 14.1 Å². The van der Waals surface area contributed by atoms with Crippen LogP contribution < -0.4 is 0 Å². The number of nitrogens with zero attached hydrogens (tertiary/aromatic N) is 2. The predicted molar refractivity (Wildman–Crippen MR) is 50.4 cm³/mol. The Hall–Kier alpha value is -0.770. The van der Waals surface area contributed by atoms with E-state index in [-0.39, 0.29) is 12.2 Å². The van der Waals surface area contributed by atoms with Crippen LogP contribution >= 0.6 is 0 Å². The molecule has 0 aromatic rings. The number of quaternary nitrogens is 1. The summed E-state index contributed by atoms with van der Waals surface area (Å²) in [6, 6.07) is 0. The molecular weight excluding hydrogens is 168 g/mol. The van der Waals surface area contributed by atoms with Gasteiger partial charge in [0.15, 0.2) is 6.10 Å². The third-order valence-corrected chi connectivity index (χ3v) is 2.39. The SMILES string of the molecule is CN(C)C(=O)OC1CC[N+](C)(C)C1. The number of hydrogen-bond donors (Lipinski definition) is 0. The first-order valence-electron chi connectivity index (χ1n) is 4.61. The summed E-state index contributed by atoms with van der Waals surface area (Å²) >= 11 is 0. The number of hydrogen-bond acceptors (Lipinski definition) is 2. The summed E-state index contributed by atoms with van der Waals surface area (Å²) in [5.74, 6) is 0. The van der Waals surface area contributed by atoms with Gasteiger partial charge in [0.1, 0.15) is 6.54 Å². The lowest BCUT2D eigenvalue weighted by Gasteiger charge is -2.23. The minimum atomic E-state index is -0.230. The summed E-state index contributed by atoms with van der Waals surface area (Å²) in [5.41, 5.74) is 0. The number of ether oxygens (including phenoxy) is 1. The summed E-state index contributed by atoms with van der Waals surface area (Å²) in [6.07, 6.45) is 0.851.